The Hall–Kier alpha value is -11.9. The van der Waals surface area contributed by atoms with Crippen molar-refractivity contribution in [2.24, 2.45) is 0 Å². The molecule has 0 saturated heterocycles. The fourth-order valence-corrected chi connectivity index (χ4v) is 14.0. The van der Waals surface area contributed by atoms with Gasteiger partial charge in [-0.25, -0.2) is 0 Å². The van der Waals surface area contributed by atoms with Crippen LogP contribution in [0.4, 0.5) is 13.2 Å². The summed E-state index contributed by atoms with van der Waals surface area (Å²) in [6.45, 7) is 8.12. The summed E-state index contributed by atoms with van der Waals surface area (Å²) in [5.41, 5.74) is 16.7. The van der Waals surface area contributed by atoms with Gasteiger partial charge in [-0.3, -0.25) is 0 Å². The first-order valence-electron chi connectivity index (χ1n) is 29.7. The Balaban J connectivity index is 0.000000150. The number of para-hydroxylation sites is 8. The predicted octanol–water partition coefficient (Wildman–Crippen LogP) is 21.0. The average Bonchev–Trinajstić information content (AvgIpc) is 1.55. The van der Waals surface area contributed by atoms with Gasteiger partial charge < -0.3 is 18.3 Å². The number of hydrogen-bond acceptors (Lipinski definition) is 3. The van der Waals surface area contributed by atoms with Crippen LogP contribution in [0.1, 0.15) is 44.5 Å². The molecule has 0 aliphatic rings. The molecule has 4 aromatic heterocycles. The number of alkyl halides is 3. The molecule has 0 N–H and O–H groups in total. The van der Waals surface area contributed by atoms with Crippen LogP contribution in [0, 0.1) is 61.7 Å². The number of benzene rings is 12. The van der Waals surface area contributed by atoms with E-state index in [9.17, 15) is 15.8 Å². The van der Waals surface area contributed by atoms with Crippen LogP contribution in [-0.4, -0.2) is 18.3 Å². The van der Waals surface area contributed by atoms with E-state index in [0.717, 1.165) is 121 Å². The molecule has 12 aromatic carbocycles. The third-order valence-corrected chi connectivity index (χ3v) is 17.8. The molecular formula is C80H52F3N7. The molecule has 0 aliphatic heterocycles. The Morgan fingerprint density at radius 3 is 0.867 bits per heavy atom. The second-order valence-corrected chi connectivity index (χ2v) is 23.1. The van der Waals surface area contributed by atoms with Gasteiger partial charge in [0.15, 0.2) is 0 Å². The summed E-state index contributed by atoms with van der Waals surface area (Å²) in [4.78, 5) is 0. The van der Waals surface area contributed by atoms with Crippen LogP contribution in [-0.2, 0) is 6.18 Å². The van der Waals surface area contributed by atoms with E-state index in [2.05, 4.69) is 138 Å². The number of aryl methyl sites for hydroxylation is 4. The van der Waals surface area contributed by atoms with E-state index >= 15 is 13.2 Å². The van der Waals surface area contributed by atoms with Crippen LogP contribution in [0.5, 0.6) is 0 Å². The maximum atomic E-state index is 15.9. The fraction of sp³-hybridized carbons (Fsp3) is 0.0625. The van der Waals surface area contributed by atoms with Gasteiger partial charge >= 0.3 is 6.18 Å². The van der Waals surface area contributed by atoms with Crippen LogP contribution in [0.3, 0.4) is 0 Å². The van der Waals surface area contributed by atoms with Gasteiger partial charge in [0.1, 0.15) is 17.2 Å². The zero-order chi connectivity index (χ0) is 61.7. The molecule has 0 radical (unpaired) electrons. The highest BCUT2D eigenvalue weighted by atomic mass is 19.4. The number of aromatic nitrogens is 4. The van der Waals surface area contributed by atoms with Crippen molar-refractivity contribution in [2.45, 2.75) is 33.9 Å². The van der Waals surface area contributed by atoms with E-state index in [4.69, 9.17) is 0 Å². The zero-order valence-electron chi connectivity index (χ0n) is 49.4. The summed E-state index contributed by atoms with van der Waals surface area (Å²) in [7, 11) is 0. The molecule has 90 heavy (non-hydrogen) atoms. The van der Waals surface area contributed by atoms with Gasteiger partial charge in [0, 0.05) is 43.1 Å². The lowest BCUT2D eigenvalue weighted by atomic mass is 9.97. The first-order chi connectivity index (χ1) is 43.8. The van der Waals surface area contributed by atoms with Gasteiger partial charge in [0.05, 0.1) is 90.1 Å². The lowest BCUT2D eigenvalue weighted by molar-refractivity contribution is -0.137. The van der Waals surface area contributed by atoms with Crippen molar-refractivity contribution in [2.75, 3.05) is 0 Å². The van der Waals surface area contributed by atoms with E-state index < -0.39 is 11.7 Å². The van der Waals surface area contributed by atoms with Crippen molar-refractivity contribution in [3.8, 4) is 63.2 Å². The number of nitriles is 3. The van der Waals surface area contributed by atoms with Crippen molar-refractivity contribution in [3.05, 3.63) is 287 Å². The number of nitrogens with zero attached hydrogens (tertiary/aromatic N) is 7. The Labute approximate surface area is 516 Å². The standard InChI is InChI=1S/C40H26F3N3.C40H26N4/c1-24-10-7-16-31-29-14-3-5-18-33(29)45(38(24)31)35-21-28(27-13-9-12-26(20-27)23-44)22-36(37(35)40(41,42)43)46-34-19-6-4-15-30(34)32-17-8-11-25(2)39(32)46;1-25-10-7-16-32-30-14-3-5-18-35(30)43(39(25)32)37-21-29(28-13-9-12-27(20-28)23-41)22-38(34(37)24-42)44-36-19-6-4-15-31(36)33-17-8-11-26(2)40(33)44/h3-22H,1-2H3;3-22H,1-2H3. The highest BCUT2D eigenvalue weighted by Crippen LogP contribution is 2.48. The van der Waals surface area contributed by atoms with Crippen LogP contribution < -0.4 is 0 Å². The summed E-state index contributed by atoms with van der Waals surface area (Å²) in [5, 5.41) is 38.6. The summed E-state index contributed by atoms with van der Waals surface area (Å²) in [6, 6.07) is 85.7. The molecule has 0 atom stereocenters. The summed E-state index contributed by atoms with van der Waals surface area (Å²) in [6.07, 6.45) is -4.72. The number of rotatable bonds is 6. The Kier molecular flexibility index (Phi) is 12.9. The smallest absolute Gasteiger partial charge is 0.308 e. The van der Waals surface area contributed by atoms with E-state index in [1.54, 1.807) is 39.5 Å². The number of fused-ring (bicyclic) bond motifs is 12. The number of halogens is 3. The molecule has 0 aliphatic carbocycles. The minimum absolute atomic E-state index is 0.0300. The third kappa shape index (κ3) is 8.55. The molecule has 0 unspecified atom stereocenters. The van der Waals surface area contributed by atoms with Gasteiger partial charge in [0.2, 0.25) is 0 Å². The second kappa shape index (κ2) is 21.2. The fourth-order valence-electron chi connectivity index (χ4n) is 14.0. The lowest BCUT2D eigenvalue weighted by Crippen LogP contribution is -2.16. The number of hydrogen-bond donors (Lipinski definition) is 0. The van der Waals surface area contributed by atoms with E-state index in [0.29, 0.717) is 38.9 Å². The molecule has 0 saturated carbocycles. The Morgan fingerprint density at radius 1 is 0.289 bits per heavy atom. The normalized spacial score (nSPS) is 11.7. The van der Waals surface area contributed by atoms with Gasteiger partial charge in [-0.15, -0.1) is 0 Å². The van der Waals surface area contributed by atoms with Gasteiger partial charge in [-0.05, 0) is 145 Å². The molecule has 0 spiro atoms. The maximum Gasteiger partial charge on any atom is 0.420 e. The zero-order valence-corrected chi connectivity index (χ0v) is 49.4. The molecule has 4 heterocycles. The van der Waals surface area contributed by atoms with Crippen molar-refractivity contribution in [3.63, 3.8) is 0 Å². The van der Waals surface area contributed by atoms with Crippen LogP contribution >= 0.6 is 0 Å². The first kappa shape index (κ1) is 54.7. The van der Waals surface area contributed by atoms with Crippen molar-refractivity contribution in [1.82, 2.24) is 18.3 Å². The molecule has 16 aromatic rings. The van der Waals surface area contributed by atoms with Crippen molar-refractivity contribution >= 4 is 87.2 Å². The highest BCUT2D eigenvalue weighted by molar-refractivity contribution is 6.14. The molecule has 0 amide bonds. The van der Waals surface area contributed by atoms with E-state index in [1.807, 2.05) is 129 Å². The van der Waals surface area contributed by atoms with Crippen LogP contribution in [0.15, 0.2) is 243 Å². The van der Waals surface area contributed by atoms with E-state index in [-0.39, 0.29) is 11.4 Å². The second-order valence-electron chi connectivity index (χ2n) is 23.1. The van der Waals surface area contributed by atoms with Crippen LogP contribution in [0.25, 0.3) is 132 Å². The highest BCUT2D eigenvalue weighted by Gasteiger charge is 2.40. The Bertz CT molecular complexity index is 5540. The van der Waals surface area contributed by atoms with Gasteiger partial charge in [-0.2, -0.15) is 29.0 Å². The van der Waals surface area contributed by atoms with Crippen molar-refractivity contribution in [1.29, 1.82) is 15.8 Å². The molecule has 0 fully saturated rings. The van der Waals surface area contributed by atoms with E-state index in [1.165, 1.54) is 0 Å². The van der Waals surface area contributed by atoms with Crippen LogP contribution in [0.2, 0.25) is 0 Å². The minimum atomic E-state index is -4.72. The van der Waals surface area contributed by atoms with Gasteiger partial charge in [-0.1, -0.05) is 170 Å². The first-order valence-corrected chi connectivity index (χ1v) is 29.7. The summed E-state index contributed by atoms with van der Waals surface area (Å²) in [5.74, 6) is 0. The molecular weight excluding hydrogens is 1120 g/mol. The molecule has 0 bridgehead atoms. The molecule has 428 valence electrons. The monoisotopic (exact) mass is 1170 g/mol. The van der Waals surface area contributed by atoms with Gasteiger partial charge in [0.25, 0.3) is 0 Å². The minimum Gasteiger partial charge on any atom is -0.308 e. The topological polar surface area (TPSA) is 91.1 Å². The predicted molar refractivity (Wildman–Crippen MR) is 359 cm³/mol. The largest absolute Gasteiger partial charge is 0.420 e. The average molecular weight is 1170 g/mol. The molecule has 7 nitrogen and oxygen atoms in total. The third-order valence-electron chi connectivity index (χ3n) is 17.8. The summed E-state index contributed by atoms with van der Waals surface area (Å²) < 4.78 is 55.7. The maximum absolute atomic E-state index is 15.9. The molecule has 10 heteroatoms. The SMILES string of the molecule is Cc1cccc2c3ccccc3n(-c3cc(-c4cccc(C#N)c4)cc(-n4c5ccccc5c5cccc(C)c54)c3C#N)c12.Cc1cccc2c3ccccc3n(-c3cc(-c4cccc(C#N)c4)cc(-n4c5ccccc5c5cccc(C)c54)c3C(F)(F)F)c12. The lowest BCUT2D eigenvalue weighted by Gasteiger charge is -2.23. The quantitative estimate of drug-likeness (QED) is 0.166. The Morgan fingerprint density at radius 2 is 0.567 bits per heavy atom. The summed E-state index contributed by atoms with van der Waals surface area (Å²) >= 11 is 0. The van der Waals surface area contributed by atoms with Crippen molar-refractivity contribution < 1.29 is 13.2 Å². The molecule has 16 rings (SSSR count).